The molecule has 0 fully saturated rings. The van der Waals surface area contributed by atoms with Crippen molar-refractivity contribution >= 4 is 32.8 Å². The second-order valence-corrected chi connectivity index (χ2v) is 4.61. The van der Waals surface area contributed by atoms with Gasteiger partial charge in [-0.25, -0.2) is 0 Å². The average molecular weight is 315 g/mol. The lowest BCUT2D eigenvalue weighted by Crippen LogP contribution is -2.04. The van der Waals surface area contributed by atoms with Crippen LogP contribution < -0.4 is 0 Å². The number of hydrogen-bond donors (Lipinski definition) is 0. The van der Waals surface area contributed by atoms with E-state index in [1.807, 2.05) is 30.3 Å². The zero-order valence-electron chi connectivity index (χ0n) is 8.42. The molecule has 0 aromatic heterocycles. The molecule has 0 radical (unpaired) electrons. The Morgan fingerprint density at radius 3 is 2.00 bits per heavy atom. The largest absolute Gasteiger partial charge is 0.449 e. The Hall–Kier alpha value is -0.490. The van der Waals surface area contributed by atoms with Crippen molar-refractivity contribution in [1.82, 2.24) is 0 Å². The molecule has 0 unspecified atom stereocenters. The van der Waals surface area contributed by atoms with Gasteiger partial charge in [0.1, 0.15) is 0 Å². The third kappa shape index (κ3) is 10.0. The van der Waals surface area contributed by atoms with Gasteiger partial charge in [0.2, 0.25) is 0 Å². The first-order chi connectivity index (χ1) is 7.35. The number of halogens is 4. The average Bonchev–Trinajstić information content (AvgIpc) is 2.17. The Labute approximate surface area is 105 Å². The molecule has 1 aromatic carbocycles. The lowest BCUT2D eigenvalue weighted by Gasteiger charge is -2.00. The van der Waals surface area contributed by atoms with Crippen LogP contribution in [0.25, 0.3) is 0 Å². The second-order valence-electron chi connectivity index (χ2n) is 2.57. The van der Waals surface area contributed by atoms with Gasteiger partial charge in [-0.1, -0.05) is 41.1 Å². The van der Waals surface area contributed by atoms with Crippen LogP contribution in [0.1, 0.15) is 13.3 Å². The fourth-order valence-electron chi connectivity index (χ4n) is 0.616. The van der Waals surface area contributed by atoms with E-state index >= 15 is 0 Å². The first-order valence-corrected chi connectivity index (χ1v) is 5.95. The van der Waals surface area contributed by atoms with Crippen LogP contribution in [0.2, 0.25) is 0 Å². The number of benzene rings is 1. The van der Waals surface area contributed by atoms with Crippen LogP contribution in [-0.4, -0.2) is 10.6 Å². The SMILES string of the molecule is Brc1ccccc1.CCC(=O)SC(F)(F)F. The number of alkyl halides is 3. The van der Waals surface area contributed by atoms with E-state index in [9.17, 15) is 18.0 Å². The predicted octanol–water partition coefficient (Wildman–Crippen LogP) is 4.63. The molecule has 6 heteroatoms. The minimum Gasteiger partial charge on any atom is -0.287 e. The zero-order chi connectivity index (χ0) is 12.6. The third-order valence-electron chi connectivity index (χ3n) is 1.25. The highest BCUT2D eigenvalue weighted by atomic mass is 79.9. The van der Waals surface area contributed by atoms with Gasteiger partial charge in [-0.15, -0.1) is 0 Å². The molecule has 16 heavy (non-hydrogen) atoms. The van der Waals surface area contributed by atoms with E-state index in [1.54, 1.807) is 0 Å². The molecule has 0 N–H and O–H groups in total. The van der Waals surface area contributed by atoms with E-state index < -0.39 is 22.4 Å². The monoisotopic (exact) mass is 314 g/mol. The van der Waals surface area contributed by atoms with Gasteiger partial charge in [0.25, 0.3) is 0 Å². The summed E-state index contributed by atoms with van der Waals surface area (Å²) >= 11 is 2.73. The summed E-state index contributed by atoms with van der Waals surface area (Å²) in [5, 5.41) is -0.845. The Bertz CT molecular complexity index is 314. The molecular formula is C10H10BrF3OS. The van der Waals surface area contributed by atoms with E-state index in [0.717, 1.165) is 4.47 Å². The fourth-order valence-corrected chi connectivity index (χ4v) is 1.32. The van der Waals surface area contributed by atoms with E-state index in [0.29, 0.717) is 0 Å². The van der Waals surface area contributed by atoms with Crippen molar-refractivity contribution in [2.24, 2.45) is 0 Å². The Kier molecular flexibility index (Phi) is 7.49. The molecule has 0 aliphatic carbocycles. The van der Waals surface area contributed by atoms with Crippen molar-refractivity contribution in [3.63, 3.8) is 0 Å². The molecule has 0 aliphatic heterocycles. The van der Waals surface area contributed by atoms with Gasteiger partial charge in [-0.05, 0) is 12.1 Å². The minimum atomic E-state index is -4.41. The molecule has 0 heterocycles. The summed E-state index contributed by atoms with van der Waals surface area (Å²) in [5.74, 6) is 0. The van der Waals surface area contributed by atoms with E-state index in [-0.39, 0.29) is 6.42 Å². The quantitative estimate of drug-likeness (QED) is 0.752. The first kappa shape index (κ1) is 15.5. The summed E-state index contributed by atoms with van der Waals surface area (Å²) in [6.45, 7) is 1.39. The topological polar surface area (TPSA) is 17.1 Å². The smallest absolute Gasteiger partial charge is 0.287 e. The van der Waals surface area contributed by atoms with Gasteiger partial charge in [0.05, 0.1) is 0 Å². The summed E-state index contributed by atoms with van der Waals surface area (Å²) in [7, 11) is 0. The zero-order valence-corrected chi connectivity index (χ0v) is 10.8. The second kappa shape index (κ2) is 7.73. The lowest BCUT2D eigenvalue weighted by atomic mass is 10.4. The van der Waals surface area contributed by atoms with E-state index in [2.05, 4.69) is 15.9 Å². The predicted molar refractivity (Wildman–Crippen MR) is 63.1 cm³/mol. The van der Waals surface area contributed by atoms with Crippen LogP contribution >= 0.6 is 27.7 Å². The summed E-state index contributed by atoms with van der Waals surface area (Å²) in [5.41, 5.74) is -4.41. The van der Waals surface area contributed by atoms with Gasteiger partial charge in [-0.2, -0.15) is 13.2 Å². The number of carbonyl (C=O) groups is 1. The van der Waals surface area contributed by atoms with Gasteiger partial charge in [0.15, 0.2) is 5.12 Å². The summed E-state index contributed by atoms with van der Waals surface area (Å²) in [6.07, 6.45) is -0.0792. The molecular weight excluding hydrogens is 305 g/mol. The van der Waals surface area contributed by atoms with Gasteiger partial charge in [0, 0.05) is 22.7 Å². The van der Waals surface area contributed by atoms with Gasteiger partial charge in [-0.3, -0.25) is 4.79 Å². The highest BCUT2D eigenvalue weighted by Gasteiger charge is 2.31. The van der Waals surface area contributed by atoms with Crippen LogP contribution in [0, 0.1) is 0 Å². The molecule has 0 amide bonds. The first-order valence-electron chi connectivity index (χ1n) is 4.34. The van der Waals surface area contributed by atoms with Crippen molar-refractivity contribution in [2.75, 3.05) is 0 Å². The van der Waals surface area contributed by atoms with Crippen molar-refractivity contribution in [2.45, 2.75) is 18.9 Å². The Morgan fingerprint density at radius 2 is 1.81 bits per heavy atom. The van der Waals surface area contributed by atoms with Crippen LogP contribution in [0.4, 0.5) is 13.2 Å². The summed E-state index contributed by atoms with van der Waals surface area (Å²) in [4.78, 5) is 10.1. The van der Waals surface area contributed by atoms with Crippen molar-refractivity contribution < 1.29 is 18.0 Å². The number of rotatable bonds is 1. The number of hydrogen-bond acceptors (Lipinski definition) is 2. The molecule has 0 bridgehead atoms. The number of carbonyl (C=O) groups excluding carboxylic acids is 1. The maximum atomic E-state index is 11.2. The highest BCUT2D eigenvalue weighted by molar-refractivity contribution is 9.10. The maximum Gasteiger partial charge on any atom is 0.449 e. The molecule has 0 saturated carbocycles. The Balaban J connectivity index is 0.000000288. The summed E-state index contributed by atoms with van der Waals surface area (Å²) in [6, 6.07) is 9.97. The standard InChI is InChI=1S/C6H5Br.C4H5F3OS/c7-6-4-2-1-3-5-6;1-2-3(8)9-4(5,6)7/h1-5H;2H2,1H3. The molecule has 1 nitrogen and oxygen atoms in total. The molecule has 0 atom stereocenters. The molecule has 1 aromatic rings. The molecule has 0 aliphatic rings. The highest BCUT2D eigenvalue weighted by Crippen LogP contribution is 2.31. The number of thioether (sulfide) groups is 1. The lowest BCUT2D eigenvalue weighted by molar-refractivity contribution is -0.111. The van der Waals surface area contributed by atoms with E-state index in [4.69, 9.17) is 0 Å². The van der Waals surface area contributed by atoms with Gasteiger partial charge < -0.3 is 0 Å². The fraction of sp³-hybridized carbons (Fsp3) is 0.300. The van der Waals surface area contributed by atoms with Crippen LogP contribution in [0.5, 0.6) is 0 Å². The van der Waals surface area contributed by atoms with Crippen molar-refractivity contribution in [3.05, 3.63) is 34.8 Å². The minimum absolute atomic E-state index is 0.0792. The van der Waals surface area contributed by atoms with Crippen molar-refractivity contribution in [3.8, 4) is 0 Å². The van der Waals surface area contributed by atoms with Crippen LogP contribution in [0.15, 0.2) is 34.8 Å². The summed E-state index contributed by atoms with van der Waals surface area (Å²) < 4.78 is 34.8. The van der Waals surface area contributed by atoms with Gasteiger partial charge >= 0.3 is 5.51 Å². The maximum absolute atomic E-state index is 11.2. The molecule has 1 rings (SSSR count). The van der Waals surface area contributed by atoms with Crippen LogP contribution in [0.3, 0.4) is 0 Å². The normalized spacial score (nSPS) is 10.3. The molecule has 90 valence electrons. The third-order valence-corrected chi connectivity index (χ3v) is 2.53. The van der Waals surface area contributed by atoms with Crippen molar-refractivity contribution in [1.29, 1.82) is 0 Å². The van der Waals surface area contributed by atoms with Crippen LogP contribution in [-0.2, 0) is 4.79 Å². The molecule has 0 spiro atoms. The van der Waals surface area contributed by atoms with E-state index in [1.165, 1.54) is 6.92 Å². The molecule has 0 saturated heterocycles. The Morgan fingerprint density at radius 1 is 1.31 bits per heavy atom.